The highest BCUT2D eigenvalue weighted by atomic mass is 16.5. The van der Waals surface area contributed by atoms with Crippen LogP contribution in [0.25, 0.3) is 0 Å². The number of carbonyl (C=O) groups is 2. The van der Waals surface area contributed by atoms with Crippen LogP contribution in [0, 0.1) is 18.8 Å². The van der Waals surface area contributed by atoms with Crippen LogP contribution in [-0.2, 0) is 9.53 Å². The Morgan fingerprint density at radius 2 is 1.96 bits per heavy atom. The minimum absolute atomic E-state index is 0.151. The van der Waals surface area contributed by atoms with E-state index in [2.05, 4.69) is 24.4 Å². The van der Waals surface area contributed by atoms with Gasteiger partial charge in [0.2, 0.25) is 0 Å². The van der Waals surface area contributed by atoms with Gasteiger partial charge in [-0.05, 0) is 43.2 Å². The molecular weight excluding hydrogens is 290 g/mol. The first-order chi connectivity index (χ1) is 11.1. The average molecular weight is 315 g/mol. The predicted octanol–water partition coefficient (Wildman–Crippen LogP) is 3.26. The van der Waals surface area contributed by atoms with Gasteiger partial charge in [-0.1, -0.05) is 37.3 Å². The van der Waals surface area contributed by atoms with Crippen LogP contribution in [0.2, 0.25) is 0 Å². The molecule has 1 N–H and O–H groups in total. The van der Waals surface area contributed by atoms with Gasteiger partial charge in [-0.2, -0.15) is 0 Å². The maximum Gasteiger partial charge on any atom is 0.307 e. The summed E-state index contributed by atoms with van der Waals surface area (Å²) in [5.74, 6) is 0.554. The minimum Gasteiger partial charge on any atom is -0.465 e. The van der Waals surface area contributed by atoms with Gasteiger partial charge < -0.3 is 10.1 Å². The Morgan fingerprint density at radius 1 is 1.22 bits per heavy atom. The highest BCUT2D eigenvalue weighted by molar-refractivity contribution is 5.95. The molecule has 0 saturated heterocycles. The Labute approximate surface area is 137 Å². The molecule has 0 saturated carbocycles. The van der Waals surface area contributed by atoms with E-state index in [9.17, 15) is 9.59 Å². The second-order valence-electron chi connectivity index (χ2n) is 6.18. The van der Waals surface area contributed by atoms with E-state index in [0.717, 1.165) is 18.4 Å². The summed E-state index contributed by atoms with van der Waals surface area (Å²) in [6.45, 7) is 4.84. The SMILES string of the molecule is Cc1ccccc1C(=O)NCCC(=O)OCC1CC=CCC1C. The molecule has 4 heteroatoms. The van der Waals surface area contributed by atoms with Gasteiger partial charge in [0.1, 0.15) is 0 Å². The van der Waals surface area contributed by atoms with Crippen molar-refractivity contribution in [3.8, 4) is 0 Å². The summed E-state index contributed by atoms with van der Waals surface area (Å²) in [5.41, 5.74) is 1.57. The summed E-state index contributed by atoms with van der Waals surface area (Å²) in [4.78, 5) is 23.8. The molecule has 1 aliphatic carbocycles. The Balaban J connectivity index is 1.68. The molecule has 0 spiro atoms. The van der Waals surface area contributed by atoms with Gasteiger partial charge in [0, 0.05) is 12.1 Å². The third-order valence-electron chi connectivity index (χ3n) is 4.38. The fraction of sp³-hybridized carbons (Fsp3) is 0.474. The van der Waals surface area contributed by atoms with Gasteiger partial charge in [-0.15, -0.1) is 0 Å². The summed E-state index contributed by atoms with van der Waals surface area (Å²) in [6, 6.07) is 7.39. The molecule has 2 unspecified atom stereocenters. The van der Waals surface area contributed by atoms with Crippen molar-refractivity contribution in [1.29, 1.82) is 0 Å². The number of aryl methyl sites for hydroxylation is 1. The number of esters is 1. The van der Waals surface area contributed by atoms with Gasteiger partial charge in [0.05, 0.1) is 13.0 Å². The summed E-state index contributed by atoms with van der Waals surface area (Å²) >= 11 is 0. The largest absolute Gasteiger partial charge is 0.465 e. The highest BCUT2D eigenvalue weighted by Crippen LogP contribution is 2.25. The van der Waals surface area contributed by atoms with Crippen LogP contribution >= 0.6 is 0 Å². The highest BCUT2D eigenvalue weighted by Gasteiger charge is 2.20. The lowest BCUT2D eigenvalue weighted by atomic mass is 9.85. The first kappa shape index (κ1) is 17.3. The molecule has 0 aromatic heterocycles. The number of ether oxygens (including phenoxy) is 1. The molecular formula is C19H25NO3. The number of amides is 1. The Hall–Kier alpha value is -2.10. The molecule has 1 aliphatic rings. The van der Waals surface area contributed by atoms with Gasteiger partial charge in [-0.25, -0.2) is 0 Å². The number of nitrogens with one attached hydrogen (secondary N) is 1. The van der Waals surface area contributed by atoms with E-state index in [4.69, 9.17) is 4.74 Å². The predicted molar refractivity (Wildman–Crippen MR) is 90.1 cm³/mol. The molecule has 0 heterocycles. The molecule has 1 aromatic rings. The van der Waals surface area contributed by atoms with E-state index < -0.39 is 0 Å². The normalized spacial score (nSPS) is 20.1. The molecule has 4 nitrogen and oxygen atoms in total. The topological polar surface area (TPSA) is 55.4 Å². The smallest absolute Gasteiger partial charge is 0.307 e. The summed E-state index contributed by atoms with van der Waals surface area (Å²) in [6.07, 6.45) is 6.56. The molecule has 1 aromatic carbocycles. The van der Waals surface area contributed by atoms with Gasteiger partial charge in [0.15, 0.2) is 0 Å². The summed E-state index contributed by atoms with van der Waals surface area (Å²) < 4.78 is 5.34. The lowest BCUT2D eigenvalue weighted by Gasteiger charge is -2.24. The van der Waals surface area contributed by atoms with E-state index >= 15 is 0 Å². The van der Waals surface area contributed by atoms with E-state index in [0.29, 0.717) is 30.6 Å². The van der Waals surface area contributed by atoms with Crippen molar-refractivity contribution in [2.24, 2.45) is 11.8 Å². The lowest BCUT2D eigenvalue weighted by Crippen LogP contribution is -2.28. The van der Waals surface area contributed by atoms with Crippen LogP contribution in [-0.4, -0.2) is 25.0 Å². The van der Waals surface area contributed by atoms with Gasteiger partial charge in [-0.3, -0.25) is 9.59 Å². The van der Waals surface area contributed by atoms with E-state index in [1.165, 1.54) is 0 Å². The Morgan fingerprint density at radius 3 is 2.70 bits per heavy atom. The molecule has 0 aliphatic heterocycles. The maximum atomic E-state index is 12.0. The first-order valence-electron chi connectivity index (χ1n) is 8.22. The van der Waals surface area contributed by atoms with Crippen molar-refractivity contribution in [2.45, 2.75) is 33.1 Å². The van der Waals surface area contributed by atoms with Crippen LogP contribution in [0.4, 0.5) is 0 Å². The second-order valence-corrected chi connectivity index (χ2v) is 6.18. The summed E-state index contributed by atoms with van der Waals surface area (Å²) in [7, 11) is 0. The van der Waals surface area contributed by atoms with E-state index in [1.54, 1.807) is 6.07 Å². The van der Waals surface area contributed by atoms with Gasteiger partial charge in [0.25, 0.3) is 5.91 Å². The van der Waals surface area contributed by atoms with Crippen LogP contribution in [0.3, 0.4) is 0 Å². The number of hydrogen-bond donors (Lipinski definition) is 1. The van der Waals surface area contributed by atoms with E-state index in [1.807, 2.05) is 25.1 Å². The Kier molecular flexibility index (Phi) is 6.39. The molecule has 2 atom stereocenters. The molecule has 1 amide bonds. The molecule has 23 heavy (non-hydrogen) atoms. The average Bonchev–Trinajstić information content (AvgIpc) is 2.54. The van der Waals surface area contributed by atoms with Crippen molar-refractivity contribution in [1.82, 2.24) is 5.32 Å². The van der Waals surface area contributed by atoms with Gasteiger partial charge >= 0.3 is 5.97 Å². The fourth-order valence-corrected chi connectivity index (χ4v) is 2.71. The van der Waals surface area contributed by atoms with Crippen LogP contribution in [0.1, 0.15) is 42.1 Å². The third kappa shape index (κ3) is 5.23. The van der Waals surface area contributed by atoms with Crippen LogP contribution < -0.4 is 5.32 Å². The number of hydrogen-bond acceptors (Lipinski definition) is 3. The number of benzene rings is 1. The van der Waals surface area contributed by atoms with E-state index in [-0.39, 0.29) is 18.3 Å². The van der Waals surface area contributed by atoms with Crippen molar-refractivity contribution in [3.63, 3.8) is 0 Å². The zero-order valence-electron chi connectivity index (χ0n) is 13.9. The molecule has 124 valence electrons. The molecule has 0 fully saturated rings. The second kappa shape index (κ2) is 8.51. The third-order valence-corrected chi connectivity index (χ3v) is 4.38. The zero-order valence-corrected chi connectivity index (χ0v) is 13.9. The quantitative estimate of drug-likeness (QED) is 0.647. The summed E-state index contributed by atoms with van der Waals surface area (Å²) in [5, 5.41) is 2.77. The van der Waals surface area contributed by atoms with Crippen LogP contribution in [0.5, 0.6) is 0 Å². The molecule has 0 bridgehead atoms. The zero-order chi connectivity index (χ0) is 16.7. The molecule has 0 radical (unpaired) electrons. The van der Waals surface area contributed by atoms with Crippen molar-refractivity contribution in [2.75, 3.05) is 13.2 Å². The molecule has 2 rings (SSSR count). The standard InChI is InChI=1S/C19H25NO3/c1-14-7-3-5-9-16(14)13-23-18(21)11-12-20-19(22)17-10-6-4-8-15(17)2/h3-6,8,10,14,16H,7,9,11-13H2,1-2H3,(H,20,22). The maximum absolute atomic E-state index is 12.0. The fourth-order valence-electron chi connectivity index (χ4n) is 2.71. The minimum atomic E-state index is -0.253. The number of rotatable bonds is 6. The number of allylic oxidation sites excluding steroid dienone is 2. The van der Waals surface area contributed by atoms with Crippen molar-refractivity contribution < 1.29 is 14.3 Å². The van der Waals surface area contributed by atoms with Crippen molar-refractivity contribution >= 4 is 11.9 Å². The monoisotopic (exact) mass is 315 g/mol. The van der Waals surface area contributed by atoms with Crippen molar-refractivity contribution in [3.05, 3.63) is 47.5 Å². The van der Waals surface area contributed by atoms with Crippen LogP contribution in [0.15, 0.2) is 36.4 Å². The number of carbonyl (C=O) groups excluding carboxylic acids is 2. The first-order valence-corrected chi connectivity index (χ1v) is 8.22. The lowest BCUT2D eigenvalue weighted by molar-refractivity contribution is -0.145. The Bertz CT molecular complexity index is 580.